The van der Waals surface area contributed by atoms with E-state index in [-0.39, 0.29) is 11.7 Å². The minimum Gasteiger partial charge on any atom is -0.338 e. The Morgan fingerprint density at radius 3 is 2.96 bits per heavy atom. The lowest BCUT2D eigenvalue weighted by Crippen LogP contribution is -2.41. The third kappa shape index (κ3) is 6.55. The summed E-state index contributed by atoms with van der Waals surface area (Å²) in [6, 6.07) is 3.49. The van der Waals surface area contributed by atoms with E-state index in [1.807, 2.05) is 43.5 Å². The first-order valence-electron chi connectivity index (χ1n) is 7.37. The van der Waals surface area contributed by atoms with Crippen LogP contribution in [0.4, 0.5) is 4.79 Å². The van der Waals surface area contributed by atoms with Gasteiger partial charge in [-0.05, 0) is 29.5 Å². The zero-order valence-corrected chi connectivity index (χ0v) is 15.0. The number of hydrogen-bond acceptors (Lipinski definition) is 6. The first kappa shape index (κ1) is 18.2. The van der Waals surface area contributed by atoms with Crippen molar-refractivity contribution in [2.24, 2.45) is 5.92 Å². The number of urea groups is 1. The Kier molecular flexibility index (Phi) is 7.01. The highest BCUT2D eigenvalue weighted by Gasteiger charge is 2.10. The van der Waals surface area contributed by atoms with Crippen LogP contribution in [0.15, 0.2) is 22.7 Å². The lowest BCUT2D eigenvalue weighted by molar-refractivity contribution is -0.117. The van der Waals surface area contributed by atoms with Crippen molar-refractivity contribution < 1.29 is 9.59 Å². The van der Waals surface area contributed by atoms with Crippen molar-refractivity contribution in [3.8, 4) is 0 Å². The molecule has 0 aliphatic carbocycles. The number of rotatable bonds is 7. The number of carbonyl (C=O) groups is 2. The van der Waals surface area contributed by atoms with E-state index in [0.29, 0.717) is 23.4 Å². The van der Waals surface area contributed by atoms with Crippen molar-refractivity contribution in [1.29, 1.82) is 0 Å². The van der Waals surface area contributed by atoms with Crippen molar-refractivity contribution >= 4 is 47.2 Å². The number of aromatic amines is 1. The van der Waals surface area contributed by atoms with Crippen LogP contribution < -0.4 is 10.6 Å². The molecule has 0 radical (unpaired) electrons. The van der Waals surface area contributed by atoms with Crippen LogP contribution in [0.3, 0.4) is 0 Å². The number of nitrogens with zero attached hydrogens (tertiary/aromatic N) is 2. The van der Waals surface area contributed by atoms with Crippen LogP contribution in [0.1, 0.15) is 24.5 Å². The second-order valence-corrected chi connectivity index (χ2v) is 7.21. The van der Waals surface area contributed by atoms with E-state index >= 15 is 0 Å². The van der Waals surface area contributed by atoms with Crippen LogP contribution >= 0.6 is 23.1 Å². The molecular weight excluding hydrogens is 346 g/mol. The quantitative estimate of drug-likeness (QED) is 0.655. The van der Waals surface area contributed by atoms with E-state index in [9.17, 15) is 9.59 Å². The molecule has 2 heterocycles. The average molecular weight is 365 g/mol. The van der Waals surface area contributed by atoms with Crippen LogP contribution in [0.2, 0.25) is 0 Å². The predicted molar refractivity (Wildman–Crippen MR) is 96.7 cm³/mol. The van der Waals surface area contributed by atoms with Gasteiger partial charge in [0.15, 0.2) is 0 Å². The summed E-state index contributed by atoms with van der Waals surface area (Å²) in [5, 5.41) is 14.2. The van der Waals surface area contributed by atoms with Crippen molar-refractivity contribution in [2.45, 2.75) is 19.0 Å². The molecule has 9 heteroatoms. The van der Waals surface area contributed by atoms with Crippen molar-refractivity contribution in [2.75, 3.05) is 12.3 Å². The maximum absolute atomic E-state index is 11.7. The smallest absolute Gasteiger partial charge is 0.321 e. The third-order valence-electron chi connectivity index (χ3n) is 2.69. The van der Waals surface area contributed by atoms with Gasteiger partial charge in [-0.3, -0.25) is 15.2 Å². The van der Waals surface area contributed by atoms with E-state index in [4.69, 9.17) is 0 Å². The first-order chi connectivity index (χ1) is 11.5. The highest BCUT2D eigenvalue weighted by atomic mass is 32.2. The summed E-state index contributed by atoms with van der Waals surface area (Å²) >= 11 is 2.79. The summed E-state index contributed by atoms with van der Waals surface area (Å²) in [6.45, 7) is 4.48. The molecular formula is C15H19N5O2S2. The SMILES string of the molecule is CC(C)CNC(=O)NC(=O)CSc1n[nH]c(/C=C/c2cccs2)n1. The van der Waals surface area contributed by atoms with Crippen molar-refractivity contribution in [3.05, 3.63) is 28.2 Å². The van der Waals surface area contributed by atoms with E-state index in [1.165, 1.54) is 0 Å². The summed E-state index contributed by atoms with van der Waals surface area (Å²) in [5.41, 5.74) is 0. The number of imide groups is 1. The molecule has 7 nitrogen and oxygen atoms in total. The van der Waals surface area contributed by atoms with Crippen LogP contribution in [-0.4, -0.2) is 39.4 Å². The number of carbonyl (C=O) groups excluding carboxylic acids is 2. The van der Waals surface area contributed by atoms with Crippen molar-refractivity contribution in [3.63, 3.8) is 0 Å². The number of amides is 3. The fourth-order valence-corrected chi connectivity index (χ4v) is 2.80. The summed E-state index contributed by atoms with van der Waals surface area (Å²) in [4.78, 5) is 28.5. The Morgan fingerprint density at radius 2 is 2.25 bits per heavy atom. The van der Waals surface area contributed by atoms with Gasteiger partial charge in [0, 0.05) is 11.4 Å². The molecule has 0 aliphatic heterocycles. The molecule has 2 aromatic rings. The second kappa shape index (κ2) is 9.24. The fraction of sp³-hybridized carbons (Fsp3) is 0.333. The van der Waals surface area contributed by atoms with Gasteiger partial charge in [-0.2, -0.15) is 0 Å². The second-order valence-electron chi connectivity index (χ2n) is 5.29. The predicted octanol–water partition coefficient (Wildman–Crippen LogP) is 2.61. The molecule has 0 fully saturated rings. The molecule has 0 unspecified atom stereocenters. The zero-order valence-electron chi connectivity index (χ0n) is 13.4. The highest BCUT2D eigenvalue weighted by molar-refractivity contribution is 7.99. The number of hydrogen-bond donors (Lipinski definition) is 3. The Morgan fingerprint density at radius 1 is 1.42 bits per heavy atom. The van der Waals surface area contributed by atoms with Gasteiger partial charge in [0.05, 0.1) is 5.75 Å². The summed E-state index contributed by atoms with van der Waals surface area (Å²) in [5.74, 6) is 0.623. The van der Waals surface area contributed by atoms with E-state index in [1.54, 1.807) is 11.3 Å². The number of nitrogens with one attached hydrogen (secondary N) is 3. The molecule has 0 bridgehead atoms. The van der Waals surface area contributed by atoms with E-state index in [2.05, 4.69) is 25.8 Å². The van der Waals surface area contributed by atoms with Crippen LogP contribution in [0, 0.1) is 5.92 Å². The Bertz CT molecular complexity index is 695. The summed E-state index contributed by atoms with van der Waals surface area (Å²) in [6.07, 6.45) is 3.76. The Hall–Kier alpha value is -2.13. The molecule has 0 atom stereocenters. The maximum atomic E-state index is 11.7. The van der Waals surface area contributed by atoms with E-state index < -0.39 is 6.03 Å². The molecule has 0 saturated carbocycles. The van der Waals surface area contributed by atoms with Gasteiger partial charge in [0.25, 0.3) is 0 Å². The van der Waals surface area contributed by atoms with Crippen molar-refractivity contribution in [1.82, 2.24) is 25.8 Å². The van der Waals surface area contributed by atoms with E-state index in [0.717, 1.165) is 16.6 Å². The van der Waals surface area contributed by atoms with Gasteiger partial charge in [-0.25, -0.2) is 9.78 Å². The van der Waals surface area contributed by atoms with Gasteiger partial charge in [-0.1, -0.05) is 31.7 Å². The molecule has 2 aromatic heterocycles. The minimum absolute atomic E-state index is 0.0705. The Labute approximate surface area is 148 Å². The molecule has 0 saturated heterocycles. The first-order valence-corrected chi connectivity index (χ1v) is 9.24. The number of aromatic nitrogens is 3. The van der Waals surface area contributed by atoms with Crippen LogP contribution in [0.25, 0.3) is 12.2 Å². The van der Waals surface area contributed by atoms with Gasteiger partial charge >= 0.3 is 6.03 Å². The molecule has 2 rings (SSSR count). The largest absolute Gasteiger partial charge is 0.338 e. The topological polar surface area (TPSA) is 99.8 Å². The number of H-pyrrole nitrogens is 1. The van der Waals surface area contributed by atoms with Gasteiger partial charge in [0.1, 0.15) is 5.82 Å². The third-order valence-corrected chi connectivity index (χ3v) is 4.37. The highest BCUT2D eigenvalue weighted by Crippen LogP contribution is 2.14. The number of thiophene rings is 1. The molecule has 24 heavy (non-hydrogen) atoms. The fourth-order valence-electron chi connectivity index (χ4n) is 1.58. The van der Waals surface area contributed by atoms with Gasteiger partial charge in [0.2, 0.25) is 11.1 Å². The normalized spacial score (nSPS) is 11.1. The summed E-state index contributed by atoms with van der Waals surface area (Å²) in [7, 11) is 0. The zero-order chi connectivity index (χ0) is 17.4. The monoisotopic (exact) mass is 365 g/mol. The number of thioether (sulfide) groups is 1. The maximum Gasteiger partial charge on any atom is 0.321 e. The van der Waals surface area contributed by atoms with Crippen LogP contribution in [-0.2, 0) is 4.79 Å². The Balaban J connectivity index is 1.74. The molecule has 3 N–H and O–H groups in total. The minimum atomic E-state index is -0.483. The molecule has 0 spiro atoms. The average Bonchev–Trinajstić information content (AvgIpc) is 3.20. The lowest BCUT2D eigenvalue weighted by Gasteiger charge is -2.07. The standard InChI is InChI=1S/C15H19N5O2S2/c1-10(2)8-16-14(22)18-13(21)9-24-15-17-12(19-20-15)6-5-11-4-3-7-23-11/h3-7,10H,8-9H2,1-2H3,(H,17,19,20)(H2,16,18,21,22)/b6-5+. The molecule has 3 amide bonds. The van der Waals surface area contributed by atoms with Crippen LogP contribution in [0.5, 0.6) is 0 Å². The molecule has 128 valence electrons. The van der Waals surface area contributed by atoms with Gasteiger partial charge in [-0.15, -0.1) is 16.4 Å². The molecule has 0 aromatic carbocycles. The summed E-state index contributed by atoms with van der Waals surface area (Å²) < 4.78 is 0. The lowest BCUT2D eigenvalue weighted by atomic mass is 10.2. The van der Waals surface area contributed by atoms with Gasteiger partial charge < -0.3 is 5.32 Å². The molecule has 0 aliphatic rings.